The summed E-state index contributed by atoms with van der Waals surface area (Å²) in [6.07, 6.45) is 3.16. The summed E-state index contributed by atoms with van der Waals surface area (Å²) < 4.78 is 0. The third-order valence-corrected chi connectivity index (χ3v) is 4.11. The molecule has 0 saturated carbocycles. The molecule has 1 atom stereocenters. The van der Waals surface area contributed by atoms with Gasteiger partial charge in [-0.05, 0) is 50.7 Å². The number of likely N-dealkylation sites (N-methyl/N-ethyl adjacent to an activating group) is 2. The van der Waals surface area contributed by atoms with E-state index < -0.39 is 0 Å². The molecule has 0 radical (unpaired) electrons. The first kappa shape index (κ1) is 14.1. The lowest BCUT2D eigenvalue weighted by Gasteiger charge is -2.27. The Kier molecular flexibility index (Phi) is 4.59. The highest BCUT2D eigenvalue weighted by atomic mass is 16.1. The van der Waals surface area contributed by atoms with Gasteiger partial charge in [-0.2, -0.15) is 0 Å². The van der Waals surface area contributed by atoms with E-state index in [1.54, 1.807) is 0 Å². The quantitative estimate of drug-likeness (QED) is 0.761. The zero-order valence-corrected chi connectivity index (χ0v) is 12.2. The van der Waals surface area contributed by atoms with Crippen molar-refractivity contribution < 1.29 is 4.79 Å². The summed E-state index contributed by atoms with van der Waals surface area (Å²) in [5.41, 5.74) is 2.01. The number of rotatable bonds is 5. The van der Waals surface area contributed by atoms with Gasteiger partial charge in [0.2, 0.25) is 0 Å². The molecule has 1 heterocycles. The summed E-state index contributed by atoms with van der Waals surface area (Å²) in [5.74, 6) is 0.213. The summed E-state index contributed by atoms with van der Waals surface area (Å²) in [4.78, 5) is 16.3. The minimum Gasteiger partial charge on any atom is -0.373 e. The van der Waals surface area contributed by atoms with Gasteiger partial charge in [-0.25, -0.2) is 0 Å². The van der Waals surface area contributed by atoms with E-state index in [2.05, 4.69) is 36.0 Å². The zero-order valence-electron chi connectivity index (χ0n) is 12.2. The molecular formula is C16H24N2O. The first-order valence-corrected chi connectivity index (χ1v) is 7.16. The molecule has 1 saturated heterocycles. The molecule has 0 bridgehead atoms. The average Bonchev–Trinajstić information content (AvgIpc) is 2.83. The Bertz CT molecular complexity index is 427. The van der Waals surface area contributed by atoms with Crippen molar-refractivity contribution in [3.05, 3.63) is 29.8 Å². The molecule has 1 aliphatic rings. The Hall–Kier alpha value is -1.35. The van der Waals surface area contributed by atoms with Crippen molar-refractivity contribution in [2.75, 3.05) is 32.1 Å². The van der Waals surface area contributed by atoms with Gasteiger partial charge in [0.15, 0.2) is 5.78 Å². The van der Waals surface area contributed by atoms with Crippen LogP contribution >= 0.6 is 0 Å². The molecule has 1 unspecified atom stereocenters. The monoisotopic (exact) mass is 260 g/mol. The Morgan fingerprint density at radius 1 is 1.37 bits per heavy atom. The maximum atomic E-state index is 11.6. The van der Waals surface area contributed by atoms with Crippen LogP contribution in [0.4, 0.5) is 5.69 Å². The number of anilines is 1. The molecule has 104 valence electrons. The number of nitrogens with zero attached hydrogens (tertiary/aromatic N) is 2. The lowest BCUT2D eigenvalue weighted by Crippen LogP contribution is -2.36. The normalized spacial score (nSPS) is 19.6. The number of likely N-dealkylation sites (tertiary alicyclic amines) is 1. The number of benzene rings is 1. The van der Waals surface area contributed by atoms with Gasteiger partial charge in [-0.15, -0.1) is 0 Å². The molecule has 0 aromatic heterocycles. The number of Topliss-reactive ketones (excluding diaryl/α,β-unsaturated/α-hetero) is 1. The van der Waals surface area contributed by atoms with E-state index in [9.17, 15) is 4.79 Å². The highest BCUT2D eigenvalue weighted by Crippen LogP contribution is 2.20. The highest BCUT2D eigenvalue weighted by molar-refractivity contribution is 5.96. The van der Waals surface area contributed by atoms with Crippen molar-refractivity contribution in [1.82, 2.24) is 4.90 Å². The number of carbonyl (C=O) groups excluding carboxylic acids is 1. The first-order chi connectivity index (χ1) is 9.11. The Balaban J connectivity index is 1.99. The summed E-state index contributed by atoms with van der Waals surface area (Å²) in [6, 6.07) is 8.64. The minimum absolute atomic E-state index is 0.213. The van der Waals surface area contributed by atoms with Crippen LogP contribution in [0, 0.1) is 0 Å². The number of hydrogen-bond acceptors (Lipinski definition) is 3. The van der Waals surface area contributed by atoms with Gasteiger partial charge in [-0.3, -0.25) is 4.79 Å². The maximum absolute atomic E-state index is 11.6. The zero-order chi connectivity index (χ0) is 13.8. The predicted molar refractivity (Wildman–Crippen MR) is 80.0 cm³/mol. The largest absolute Gasteiger partial charge is 0.373 e. The lowest BCUT2D eigenvalue weighted by molar-refractivity contribution is 0.0988. The predicted octanol–water partition coefficient (Wildman–Crippen LogP) is 2.81. The molecule has 3 heteroatoms. The van der Waals surface area contributed by atoms with Crippen LogP contribution in [-0.2, 0) is 0 Å². The smallest absolute Gasteiger partial charge is 0.162 e. The van der Waals surface area contributed by atoms with Crippen LogP contribution in [-0.4, -0.2) is 43.9 Å². The van der Waals surface area contributed by atoms with Gasteiger partial charge in [-0.1, -0.05) is 6.92 Å². The third-order valence-electron chi connectivity index (χ3n) is 4.11. The molecule has 0 N–H and O–H groups in total. The summed E-state index contributed by atoms with van der Waals surface area (Å²) >= 11 is 0. The third kappa shape index (κ3) is 3.35. The van der Waals surface area contributed by atoms with Crippen molar-refractivity contribution >= 4 is 11.5 Å². The topological polar surface area (TPSA) is 23.6 Å². The summed E-state index contributed by atoms with van der Waals surface area (Å²) in [5, 5.41) is 0. The van der Waals surface area contributed by atoms with Crippen LogP contribution in [0.25, 0.3) is 0 Å². The molecule has 1 aromatic rings. The second-order valence-corrected chi connectivity index (χ2v) is 5.48. The SMILES string of the molecule is CCC(=O)c1ccc(N(C)CC2CCCN2C)cc1. The fourth-order valence-corrected chi connectivity index (χ4v) is 2.74. The Morgan fingerprint density at radius 3 is 2.58 bits per heavy atom. The average molecular weight is 260 g/mol. The van der Waals surface area contributed by atoms with E-state index in [-0.39, 0.29) is 5.78 Å². The van der Waals surface area contributed by atoms with Crippen molar-refractivity contribution in [2.24, 2.45) is 0 Å². The molecular weight excluding hydrogens is 236 g/mol. The first-order valence-electron chi connectivity index (χ1n) is 7.16. The number of carbonyl (C=O) groups is 1. The van der Waals surface area contributed by atoms with Crippen molar-refractivity contribution in [1.29, 1.82) is 0 Å². The molecule has 1 aromatic carbocycles. The van der Waals surface area contributed by atoms with Gasteiger partial charge in [0.1, 0.15) is 0 Å². The highest BCUT2D eigenvalue weighted by Gasteiger charge is 2.22. The Labute approximate surface area is 116 Å². The minimum atomic E-state index is 0.213. The standard InChI is InChI=1S/C16H24N2O/c1-4-16(19)13-7-9-14(10-8-13)18(3)12-15-6-5-11-17(15)2/h7-10,15H,4-6,11-12H2,1-3H3. The molecule has 1 fully saturated rings. The molecule has 0 spiro atoms. The van der Waals surface area contributed by atoms with Gasteiger partial charge in [0.05, 0.1) is 0 Å². The molecule has 0 aliphatic carbocycles. The number of ketones is 1. The van der Waals surface area contributed by atoms with E-state index in [0.717, 1.165) is 12.1 Å². The van der Waals surface area contributed by atoms with Crippen LogP contribution in [0.5, 0.6) is 0 Å². The number of hydrogen-bond donors (Lipinski definition) is 0. The fourth-order valence-electron chi connectivity index (χ4n) is 2.74. The van der Waals surface area contributed by atoms with E-state index in [0.29, 0.717) is 12.5 Å². The lowest BCUT2D eigenvalue weighted by atomic mass is 10.1. The van der Waals surface area contributed by atoms with Crippen LogP contribution < -0.4 is 4.90 Å². The van der Waals surface area contributed by atoms with Gasteiger partial charge in [0.25, 0.3) is 0 Å². The maximum Gasteiger partial charge on any atom is 0.162 e. The molecule has 0 amide bonds. The van der Waals surface area contributed by atoms with Crippen LogP contribution in [0.15, 0.2) is 24.3 Å². The molecule has 1 aliphatic heterocycles. The van der Waals surface area contributed by atoms with Crippen LogP contribution in [0.1, 0.15) is 36.5 Å². The molecule has 19 heavy (non-hydrogen) atoms. The second-order valence-electron chi connectivity index (χ2n) is 5.48. The summed E-state index contributed by atoms with van der Waals surface area (Å²) in [6.45, 7) is 4.16. The van der Waals surface area contributed by atoms with E-state index in [4.69, 9.17) is 0 Å². The van der Waals surface area contributed by atoms with E-state index in [1.165, 1.54) is 25.1 Å². The van der Waals surface area contributed by atoms with Crippen molar-refractivity contribution in [3.8, 4) is 0 Å². The molecule has 3 nitrogen and oxygen atoms in total. The van der Waals surface area contributed by atoms with Gasteiger partial charge < -0.3 is 9.80 Å². The Morgan fingerprint density at radius 2 is 2.05 bits per heavy atom. The van der Waals surface area contributed by atoms with Crippen molar-refractivity contribution in [2.45, 2.75) is 32.2 Å². The van der Waals surface area contributed by atoms with Crippen LogP contribution in [0.2, 0.25) is 0 Å². The van der Waals surface area contributed by atoms with Gasteiger partial charge >= 0.3 is 0 Å². The van der Waals surface area contributed by atoms with E-state index in [1.807, 2.05) is 19.1 Å². The fraction of sp³-hybridized carbons (Fsp3) is 0.562. The van der Waals surface area contributed by atoms with Crippen LogP contribution in [0.3, 0.4) is 0 Å². The molecule has 2 rings (SSSR count). The summed E-state index contributed by atoms with van der Waals surface area (Å²) in [7, 11) is 4.33. The second kappa shape index (κ2) is 6.20. The van der Waals surface area contributed by atoms with Crippen molar-refractivity contribution in [3.63, 3.8) is 0 Å². The van der Waals surface area contributed by atoms with Gasteiger partial charge in [0, 0.05) is 37.3 Å². The van der Waals surface area contributed by atoms with E-state index >= 15 is 0 Å².